The maximum absolute atomic E-state index is 12.5. The highest BCUT2D eigenvalue weighted by atomic mass is 32.2. The van der Waals surface area contributed by atoms with Crippen molar-refractivity contribution in [1.82, 2.24) is 9.55 Å². The summed E-state index contributed by atoms with van der Waals surface area (Å²) >= 11 is 0. The zero-order valence-electron chi connectivity index (χ0n) is 15.2. The molecule has 0 aliphatic carbocycles. The van der Waals surface area contributed by atoms with Gasteiger partial charge in [0.1, 0.15) is 0 Å². The predicted molar refractivity (Wildman–Crippen MR) is 109 cm³/mol. The van der Waals surface area contributed by atoms with E-state index in [2.05, 4.69) is 9.71 Å². The molecule has 1 heterocycles. The van der Waals surface area contributed by atoms with Crippen LogP contribution in [0.25, 0.3) is 17.1 Å². The van der Waals surface area contributed by atoms with E-state index in [1.54, 1.807) is 6.08 Å². The number of para-hydroxylation sites is 2. The molecule has 0 saturated heterocycles. The van der Waals surface area contributed by atoms with Gasteiger partial charge in [-0.1, -0.05) is 42.5 Å². The number of anilines is 1. The van der Waals surface area contributed by atoms with Gasteiger partial charge in [0.2, 0.25) is 5.95 Å². The maximum Gasteiger partial charge on any atom is 0.257 e. The van der Waals surface area contributed by atoms with Crippen LogP contribution in [0.1, 0.15) is 18.9 Å². The average molecular weight is 385 g/mol. The summed E-state index contributed by atoms with van der Waals surface area (Å²) in [6, 6.07) is 16.9. The molecule has 2 aromatic carbocycles. The van der Waals surface area contributed by atoms with E-state index in [1.807, 2.05) is 66.1 Å². The summed E-state index contributed by atoms with van der Waals surface area (Å²) in [6.45, 7) is 3.84. The highest BCUT2D eigenvalue weighted by molar-refractivity contribution is 7.95. The Hall–Kier alpha value is -2.64. The Morgan fingerprint density at radius 1 is 1.11 bits per heavy atom. The van der Waals surface area contributed by atoms with Crippen LogP contribution in [0.15, 0.2) is 60.0 Å². The SMILES string of the molecule is CCOCCCn1c(NS(=O)(=O)C=Cc2ccccc2)nc2ccccc21. The number of aryl methyl sites for hydroxylation is 1. The Morgan fingerprint density at radius 3 is 2.63 bits per heavy atom. The Bertz CT molecular complexity index is 1010. The molecule has 142 valence electrons. The molecule has 3 aromatic rings. The molecule has 0 saturated carbocycles. The van der Waals surface area contributed by atoms with Crippen LogP contribution >= 0.6 is 0 Å². The zero-order valence-corrected chi connectivity index (χ0v) is 16.0. The van der Waals surface area contributed by atoms with Crippen molar-refractivity contribution in [3.63, 3.8) is 0 Å². The molecule has 6 nitrogen and oxygen atoms in total. The second kappa shape index (κ2) is 8.83. The summed E-state index contributed by atoms with van der Waals surface area (Å²) in [4.78, 5) is 4.45. The Balaban J connectivity index is 1.83. The van der Waals surface area contributed by atoms with Gasteiger partial charge in [0.15, 0.2) is 0 Å². The van der Waals surface area contributed by atoms with Gasteiger partial charge in [-0.05, 0) is 37.1 Å². The van der Waals surface area contributed by atoms with Crippen molar-refractivity contribution in [3.05, 3.63) is 65.6 Å². The van der Waals surface area contributed by atoms with Gasteiger partial charge in [0, 0.05) is 19.8 Å². The minimum Gasteiger partial charge on any atom is -0.382 e. The van der Waals surface area contributed by atoms with Gasteiger partial charge in [-0.25, -0.2) is 18.1 Å². The van der Waals surface area contributed by atoms with E-state index in [1.165, 1.54) is 0 Å². The average Bonchev–Trinajstić information content (AvgIpc) is 3.01. The third kappa shape index (κ3) is 5.18. The number of nitrogens with one attached hydrogen (secondary N) is 1. The summed E-state index contributed by atoms with van der Waals surface area (Å²) < 4.78 is 34.9. The molecule has 0 aliphatic rings. The number of rotatable bonds is 9. The molecule has 0 atom stereocenters. The topological polar surface area (TPSA) is 73.2 Å². The first-order valence-electron chi connectivity index (χ1n) is 8.88. The van der Waals surface area contributed by atoms with E-state index < -0.39 is 10.0 Å². The lowest BCUT2D eigenvalue weighted by molar-refractivity contribution is 0.142. The number of ether oxygens (including phenoxy) is 1. The molecule has 0 amide bonds. The lowest BCUT2D eigenvalue weighted by Gasteiger charge is -2.10. The molecule has 0 spiro atoms. The first-order chi connectivity index (χ1) is 13.1. The first kappa shape index (κ1) is 19.1. The number of benzene rings is 2. The third-order valence-electron chi connectivity index (χ3n) is 4.00. The molecule has 1 N–H and O–H groups in total. The van der Waals surface area contributed by atoms with Crippen LogP contribution in [0.2, 0.25) is 0 Å². The summed E-state index contributed by atoms with van der Waals surface area (Å²) in [6.07, 6.45) is 2.33. The standard InChI is InChI=1S/C20H23N3O3S/c1-2-26-15-8-14-23-19-12-7-6-11-18(19)21-20(23)22-27(24,25)16-13-17-9-4-3-5-10-17/h3-7,9-13,16H,2,8,14-15H2,1H3,(H,21,22). The quantitative estimate of drug-likeness (QED) is 0.568. The molecule has 0 bridgehead atoms. The van der Waals surface area contributed by atoms with Crippen molar-refractivity contribution in [2.45, 2.75) is 19.9 Å². The second-order valence-corrected chi connectivity index (χ2v) is 7.55. The van der Waals surface area contributed by atoms with Gasteiger partial charge in [-0.15, -0.1) is 0 Å². The summed E-state index contributed by atoms with van der Waals surface area (Å²) in [7, 11) is -3.68. The van der Waals surface area contributed by atoms with Crippen molar-refractivity contribution in [3.8, 4) is 0 Å². The molecular weight excluding hydrogens is 362 g/mol. The third-order valence-corrected chi connectivity index (χ3v) is 4.96. The lowest BCUT2D eigenvalue weighted by Crippen LogP contribution is -2.14. The van der Waals surface area contributed by atoms with Crippen molar-refractivity contribution in [2.24, 2.45) is 0 Å². The minimum atomic E-state index is -3.68. The van der Waals surface area contributed by atoms with Crippen LogP contribution in [0.3, 0.4) is 0 Å². The molecule has 0 fully saturated rings. The van der Waals surface area contributed by atoms with E-state index in [-0.39, 0.29) is 0 Å². The largest absolute Gasteiger partial charge is 0.382 e. The van der Waals surface area contributed by atoms with E-state index >= 15 is 0 Å². The van der Waals surface area contributed by atoms with Gasteiger partial charge in [-0.3, -0.25) is 0 Å². The molecule has 27 heavy (non-hydrogen) atoms. The molecule has 7 heteroatoms. The van der Waals surface area contributed by atoms with Crippen LogP contribution in [-0.2, 0) is 21.3 Å². The second-order valence-electron chi connectivity index (χ2n) is 5.99. The normalized spacial score (nSPS) is 12.0. The molecule has 0 unspecified atom stereocenters. The van der Waals surface area contributed by atoms with E-state index in [0.717, 1.165) is 28.4 Å². The number of hydrogen-bond donors (Lipinski definition) is 1. The van der Waals surface area contributed by atoms with Crippen LogP contribution in [0.5, 0.6) is 0 Å². The van der Waals surface area contributed by atoms with Gasteiger partial charge in [0.05, 0.1) is 16.4 Å². The Kier molecular flexibility index (Phi) is 6.26. The van der Waals surface area contributed by atoms with Gasteiger partial charge in [0.25, 0.3) is 10.0 Å². The number of sulfonamides is 1. The summed E-state index contributed by atoms with van der Waals surface area (Å²) in [5.74, 6) is 0.311. The van der Waals surface area contributed by atoms with Crippen molar-refractivity contribution in [2.75, 3.05) is 17.9 Å². The first-order valence-corrected chi connectivity index (χ1v) is 10.4. The molecule has 1 aromatic heterocycles. The number of imidazole rings is 1. The van der Waals surface area contributed by atoms with Crippen LogP contribution in [-0.4, -0.2) is 31.2 Å². The Labute approximate surface area is 159 Å². The van der Waals surface area contributed by atoms with E-state index in [0.29, 0.717) is 25.7 Å². The number of aromatic nitrogens is 2. The number of fused-ring (bicyclic) bond motifs is 1. The monoisotopic (exact) mass is 385 g/mol. The fourth-order valence-electron chi connectivity index (χ4n) is 2.74. The molecule has 0 aliphatic heterocycles. The lowest BCUT2D eigenvalue weighted by atomic mass is 10.2. The van der Waals surface area contributed by atoms with Gasteiger partial charge >= 0.3 is 0 Å². The number of hydrogen-bond acceptors (Lipinski definition) is 4. The van der Waals surface area contributed by atoms with Crippen LogP contribution < -0.4 is 4.72 Å². The molecule has 0 radical (unpaired) electrons. The highest BCUT2D eigenvalue weighted by Gasteiger charge is 2.15. The van der Waals surface area contributed by atoms with Gasteiger partial charge in [-0.2, -0.15) is 0 Å². The fraction of sp³-hybridized carbons (Fsp3) is 0.250. The maximum atomic E-state index is 12.5. The summed E-state index contributed by atoms with van der Waals surface area (Å²) in [5.41, 5.74) is 2.45. The smallest absolute Gasteiger partial charge is 0.257 e. The zero-order chi connectivity index (χ0) is 19.1. The molecule has 3 rings (SSSR count). The van der Waals surface area contributed by atoms with Gasteiger partial charge < -0.3 is 9.30 Å². The predicted octanol–water partition coefficient (Wildman–Crippen LogP) is 3.88. The Morgan fingerprint density at radius 2 is 1.85 bits per heavy atom. The van der Waals surface area contributed by atoms with E-state index in [9.17, 15) is 8.42 Å². The summed E-state index contributed by atoms with van der Waals surface area (Å²) in [5, 5.41) is 1.16. The van der Waals surface area contributed by atoms with Crippen molar-refractivity contribution >= 4 is 33.1 Å². The fourth-order valence-corrected chi connectivity index (χ4v) is 3.56. The van der Waals surface area contributed by atoms with E-state index in [4.69, 9.17) is 4.74 Å². The molecular formula is C20H23N3O3S. The number of nitrogens with zero attached hydrogens (tertiary/aromatic N) is 2. The van der Waals surface area contributed by atoms with Crippen molar-refractivity contribution in [1.29, 1.82) is 0 Å². The van der Waals surface area contributed by atoms with Crippen LogP contribution in [0, 0.1) is 0 Å². The highest BCUT2D eigenvalue weighted by Crippen LogP contribution is 2.21. The van der Waals surface area contributed by atoms with Crippen molar-refractivity contribution < 1.29 is 13.2 Å². The van der Waals surface area contributed by atoms with Crippen LogP contribution in [0.4, 0.5) is 5.95 Å². The minimum absolute atomic E-state index is 0.311.